The molecule has 1 saturated heterocycles. The molecule has 130 valence electrons. The van der Waals surface area contributed by atoms with Gasteiger partial charge in [0.1, 0.15) is 5.84 Å². The van der Waals surface area contributed by atoms with Gasteiger partial charge in [-0.1, -0.05) is 35.9 Å². The maximum Gasteiger partial charge on any atom is 0.129 e. The number of piperidine rings is 1. The van der Waals surface area contributed by atoms with E-state index in [1.807, 2.05) is 24.3 Å². The van der Waals surface area contributed by atoms with Crippen molar-refractivity contribution in [3.8, 4) is 0 Å². The molecule has 2 aliphatic heterocycles. The highest BCUT2D eigenvalue weighted by Crippen LogP contribution is 2.37. The summed E-state index contributed by atoms with van der Waals surface area (Å²) in [5, 5.41) is 11.7. The number of rotatable bonds is 2. The summed E-state index contributed by atoms with van der Waals surface area (Å²) in [7, 11) is 0. The normalized spacial score (nSPS) is 19.5. The van der Waals surface area contributed by atoms with E-state index in [1.54, 1.807) is 0 Å². The predicted molar refractivity (Wildman–Crippen MR) is 105 cm³/mol. The zero-order valence-corrected chi connectivity index (χ0v) is 15.1. The van der Waals surface area contributed by atoms with Crippen molar-refractivity contribution in [2.75, 3.05) is 18.4 Å². The summed E-state index contributed by atoms with van der Waals surface area (Å²) >= 11 is 6.16. The average molecular weight is 355 g/mol. The minimum atomic E-state index is -0.133. The van der Waals surface area contributed by atoms with Crippen LogP contribution in [0.25, 0.3) is 0 Å². The molecule has 2 aromatic carbocycles. The standard InChI is InChI=1S/C20H23ClN4/c1-14(15-5-4-6-16(21)13-15)23-19-20(9-11-22-12-10-20)25-18-8-3-2-7-17(18)24-19/h2-8,13-14,22,25H,9-12H2,1H3,(H,23,24). The predicted octanol–water partition coefficient (Wildman–Crippen LogP) is 4.27. The van der Waals surface area contributed by atoms with Gasteiger partial charge in [-0.25, -0.2) is 4.99 Å². The maximum absolute atomic E-state index is 6.16. The van der Waals surface area contributed by atoms with Gasteiger partial charge in [0.15, 0.2) is 0 Å². The number of nitrogens with one attached hydrogen (secondary N) is 3. The lowest BCUT2D eigenvalue weighted by atomic mass is 9.84. The number of fused-ring (bicyclic) bond motifs is 1. The van der Waals surface area contributed by atoms with E-state index in [1.165, 1.54) is 0 Å². The Hall–Kier alpha value is -2.04. The number of amidine groups is 1. The molecule has 0 amide bonds. The molecular formula is C20H23ClN4. The van der Waals surface area contributed by atoms with Gasteiger partial charge in [-0.2, -0.15) is 0 Å². The van der Waals surface area contributed by atoms with Crippen LogP contribution in [-0.2, 0) is 0 Å². The Morgan fingerprint density at radius 1 is 1.12 bits per heavy atom. The number of nitrogens with zero attached hydrogens (tertiary/aromatic N) is 1. The molecule has 5 heteroatoms. The largest absolute Gasteiger partial charge is 0.371 e. The van der Waals surface area contributed by atoms with Crippen LogP contribution in [0.3, 0.4) is 0 Å². The minimum Gasteiger partial charge on any atom is -0.371 e. The molecule has 2 aliphatic rings. The molecule has 4 rings (SSSR count). The summed E-state index contributed by atoms with van der Waals surface area (Å²) < 4.78 is 0. The second kappa shape index (κ2) is 6.70. The van der Waals surface area contributed by atoms with E-state index in [0.717, 1.165) is 53.7 Å². The second-order valence-corrected chi connectivity index (χ2v) is 7.29. The maximum atomic E-state index is 6.16. The first-order chi connectivity index (χ1) is 12.2. The molecule has 0 radical (unpaired) electrons. The number of anilines is 1. The molecule has 1 atom stereocenters. The topological polar surface area (TPSA) is 48.5 Å². The van der Waals surface area contributed by atoms with E-state index in [2.05, 4.69) is 47.1 Å². The molecule has 2 heterocycles. The first-order valence-electron chi connectivity index (χ1n) is 8.85. The van der Waals surface area contributed by atoms with E-state index in [9.17, 15) is 0 Å². The van der Waals surface area contributed by atoms with Crippen LogP contribution in [0.4, 0.5) is 11.4 Å². The summed E-state index contributed by atoms with van der Waals surface area (Å²) in [6, 6.07) is 16.4. The van der Waals surface area contributed by atoms with Crippen molar-refractivity contribution >= 4 is 28.8 Å². The highest BCUT2D eigenvalue weighted by atomic mass is 35.5. The quantitative estimate of drug-likeness (QED) is 0.754. The third-order valence-corrected chi connectivity index (χ3v) is 5.36. The van der Waals surface area contributed by atoms with Gasteiger partial charge in [0.25, 0.3) is 0 Å². The van der Waals surface area contributed by atoms with Crippen molar-refractivity contribution in [2.24, 2.45) is 4.99 Å². The lowest BCUT2D eigenvalue weighted by Crippen LogP contribution is -2.59. The third-order valence-electron chi connectivity index (χ3n) is 5.12. The Morgan fingerprint density at radius 3 is 2.72 bits per heavy atom. The Balaban J connectivity index is 1.67. The van der Waals surface area contributed by atoms with Crippen LogP contribution in [0.2, 0.25) is 5.02 Å². The van der Waals surface area contributed by atoms with Gasteiger partial charge in [-0.3, -0.25) is 0 Å². The van der Waals surface area contributed by atoms with Crippen molar-refractivity contribution in [2.45, 2.75) is 31.3 Å². The second-order valence-electron chi connectivity index (χ2n) is 6.86. The Kier molecular flexibility index (Phi) is 4.40. The molecule has 0 saturated carbocycles. The van der Waals surface area contributed by atoms with Crippen molar-refractivity contribution in [1.82, 2.24) is 10.6 Å². The van der Waals surface area contributed by atoms with Gasteiger partial charge in [-0.05, 0) is 62.7 Å². The van der Waals surface area contributed by atoms with E-state index in [-0.39, 0.29) is 11.6 Å². The fraction of sp³-hybridized carbons (Fsp3) is 0.350. The lowest BCUT2D eigenvalue weighted by molar-refractivity contribution is 0.409. The molecule has 1 fully saturated rings. The zero-order valence-electron chi connectivity index (χ0n) is 14.3. The Morgan fingerprint density at radius 2 is 1.92 bits per heavy atom. The molecular weight excluding hydrogens is 332 g/mol. The average Bonchev–Trinajstić information content (AvgIpc) is 2.63. The molecule has 1 spiro atoms. The molecule has 4 nitrogen and oxygen atoms in total. The number of para-hydroxylation sites is 2. The fourth-order valence-corrected chi connectivity index (χ4v) is 3.87. The number of hydrogen-bond donors (Lipinski definition) is 3. The van der Waals surface area contributed by atoms with E-state index >= 15 is 0 Å². The van der Waals surface area contributed by atoms with Gasteiger partial charge in [0, 0.05) is 11.1 Å². The summed E-state index contributed by atoms with van der Waals surface area (Å²) in [5.41, 5.74) is 3.14. The first kappa shape index (κ1) is 16.4. The van der Waals surface area contributed by atoms with Gasteiger partial charge in [0.05, 0.1) is 16.9 Å². The van der Waals surface area contributed by atoms with Crippen molar-refractivity contribution in [3.05, 3.63) is 59.1 Å². The number of halogens is 1. The smallest absolute Gasteiger partial charge is 0.129 e. The van der Waals surface area contributed by atoms with E-state index < -0.39 is 0 Å². The highest BCUT2D eigenvalue weighted by molar-refractivity contribution is 6.30. The summed E-state index contributed by atoms with van der Waals surface area (Å²) in [6.45, 7) is 4.13. The van der Waals surface area contributed by atoms with Crippen molar-refractivity contribution in [1.29, 1.82) is 0 Å². The van der Waals surface area contributed by atoms with Crippen molar-refractivity contribution in [3.63, 3.8) is 0 Å². The summed E-state index contributed by atoms with van der Waals surface area (Å²) in [5.74, 6) is 1.03. The van der Waals surface area contributed by atoms with Gasteiger partial charge < -0.3 is 16.0 Å². The third kappa shape index (κ3) is 3.24. The molecule has 25 heavy (non-hydrogen) atoms. The van der Waals surface area contributed by atoms with Gasteiger partial charge in [0.2, 0.25) is 0 Å². The first-order valence-corrected chi connectivity index (χ1v) is 9.23. The minimum absolute atomic E-state index is 0.133. The van der Waals surface area contributed by atoms with Gasteiger partial charge >= 0.3 is 0 Å². The van der Waals surface area contributed by atoms with Crippen LogP contribution in [0, 0.1) is 0 Å². The van der Waals surface area contributed by atoms with Crippen LogP contribution in [-0.4, -0.2) is 24.5 Å². The van der Waals surface area contributed by atoms with Gasteiger partial charge in [-0.15, -0.1) is 0 Å². The Labute approximate surface area is 153 Å². The van der Waals surface area contributed by atoms with Crippen LogP contribution in [0.15, 0.2) is 53.5 Å². The SMILES string of the molecule is CC(NC1=Nc2ccccc2NC12CCNCC2)c1cccc(Cl)c1. The van der Waals surface area contributed by atoms with Crippen molar-refractivity contribution < 1.29 is 0 Å². The van der Waals surface area contributed by atoms with Crippen LogP contribution in [0.5, 0.6) is 0 Å². The molecule has 2 aromatic rings. The zero-order chi connectivity index (χ0) is 17.3. The molecule has 0 bridgehead atoms. The monoisotopic (exact) mass is 354 g/mol. The van der Waals surface area contributed by atoms with Crippen LogP contribution < -0.4 is 16.0 Å². The number of hydrogen-bond acceptors (Lipinski definition) is 4. The molecule has 0 aromatic heterocycles. The number of benzene rings is 2. The van der Waals surface area contributed by atoms with Crippen LogP contribution >= 0.6 is 11.6 Å². The lowest BCUT2D eigenvalue weighted by Gasteiger charge is -2.43. The Bertz CT molecular complexity index is 796. The van der Waals surface area contributed by atoms with Crippen LogP contribution in [0.1, 0.15) is 31.4 Å². The molecule has 0 aliphatic carbocycles. The van der Waals surface area contributed by atoms with E-state index in [0.29, 0.717) is 0 Å². The number of aliphatic imine (C=N–C) groups is 1. The van der Waals surface area contributed by atoms with E-state index in [4.69, 9.17) is 16.6 Å². The molecule has 3 N–H and O–H groups in total. The summed E-state index contributed by atoms with van der Waals surface area (Å²) in [6.07, 6.45) is 2.02. The highest BCUT2D eigenvalue weighted by Gasteiger charge is 2.40. The molecule has 1 unspecified atom stereocenters. The fourth-order valence-electron chi connectivity index (χ4n) is 3.67. The summed E-state index contributed by atoms with van der Waals surface area (Å²) in [4.78, 5) is 4.99.